The summed E-state index contributed by atoms with van der Waals surface area (Å²) in [7, 11) is 1.08. The maximum Gasteiger partial charge on any atom is 0.338 e. The minimum Gasteiger partial charge on any atom is -0.467 e. The van der Waals surface area contributed by atoms with E-state index in [4.69, 9.17) is 26.5 Å². The molecule has 1 aromatic rings. The first-order valence-corrected chi connectivity index (χ1v) is 10.6. The molecule has 4 N–H and O–H groups in total. The van der Waals surface area contributed by atoms with Crippen LogP contribution in [0.5, 0.6) is 0 Å². The van der Waals surface area contributed by atoms with Crippen LogP contribution in [0.4, 0.5) is 0 Å². The third-order valence-electron chi connectivity index (χ3n) is 5.60. The summed E-state index contributed by atoms with van der Waals surface area (Å²) in [4.78, 5) is 53.4. The third kappa shape index (κ3) is 6.41. The fourth-order valence-corrected chi connectivity index (χ4v) is 3.75. The molecule has 34 heavy (non-hydrogen) atoms. The van der Waals surface area contributed by atoms with Crippen molar-refractivity contribution in [3.8, 4) is 0 Å². The van der Waals surface area contributed by atoms with Gasteiger partial charge in [-0.1, -0.05) is 54.6 Å². The van der Waals surface area contributed by atoms with E-state index in [1.165, 1.54) is 0 Å². The molecule has 10 nitrogen and oxygen atoms in total. The van der Waals surface area contributed by atoms with Crippen molar-refractivity contribution in [1.82, 2.24) is 0 Å². The van der Waals surface area contributed by atoms with Crippen molar-refractivity contribution in [2.75, 3.05) is 7.11 Å². The van der Waals surface area contributed by atoms with Crippen LogP contribution in [0.3, 0.4) is 0 Å². The highest BCUT2D eigenvalue weighted by atomic mass is 16.6. The summed E-state index contributed by atoms with van der Waals surface area (Å²) in [6.45, 7) is -0.125. The topological polar surface area (TPSA) is 175 Å². The van der Waals surface area contributed by atoms with Gasteiger partial charge in [0.05, 0.1) is 18.6 Å². The number of Topliss-reactive ketones (excluding diaryl/α,β-unsaturated/α-hetero) is 2. The Kier molecular flexibility index (Phi) is 9.32. The maximum atomic E-state index is 13.4. The second-order valence-corrected chi connectivity index (χ2v) is 8.07. The standard InChI is InChI=1S/C24H28N4O6/c1-33-21(31)24(26,22(32)34-15-17-8-4-2-5-9-17)16-23(12-6-3-7-13-23)20(30)19(25)11-10-18(29)14-28-27/h2-9,12,14,19H,10-11,13,15-16,25-26H2,1H3/t19-,23?,24-/m0/s1. The number of ketones is 2. The molecule has 0 bridgehead atoms. The van der Waals surface area contributed by atoms with Crippen LogP contribution < -0.4 is 11.5 Å². The second kappa shape index (κ2) is 11.9. The van der Waals surface area contributed by atoms with Crippen molar-refractivity contribution in [3.05, 3.63) is 65.7 Å². The first-order chi connectivity index (χ1) is 16.2. The van der Waals surface area contributed by atoms with Crippen molar-refractivity contribution < 1.29 is 33.4 Å². The molecule has 10 heteroatoms. The van der Waals surface area contributed by atoms with Crippen LogP contribution in [-0.4, -0.2) is 53.2 Å². The van der Waals surface area contributed by atoms with Gasteiger partial charge < -0.3 is 26.5 Å². The zero-order valence-corrected chi connectivity index (χ0v) is 18.9. The average Bonchev–Trinajstić information content (AvgIpc) is 2.86. The van der Waals surface area contributed by atoms with Gasteiger partial charge in [0.15, 0.2) is 5.78 Å². The molecule has 180 valence electrons. The van der Waals surface area contributed by atoms with Crippen LogP contribution in [0.2, 0.25) is 0 Å². The Hall–Kier alpha value is -3.72. The summed E-state index contributed by atoms with van der Waals surface area (Å²) >= 11 is 0. The molecule has 1 aromatic carbocycles. The predicted molar refractivity (Wildman–Crippen MR) is 122 cm³/mol. The van der Waals surface area contributed by atoms with Gasteiger partial charge in [0.2, 0.25) is 11.3 Å². The van der Waals surface area contributed by atoms with Gasteiger partial charge in [0.25, 0.3) is 0 Å². The summed E-state index contributed by atoms with van der Waals surface area (Å²) in [5, 5.41) is 0. The molecule has 0 amide bonds. The maximum absolute atomic E-state index is 13.4. The molecular weight excluding hydrogens is 440 g/mol. The molecular formula is C24H28N4O6. The first-order valence-electron chi connectivity index (χ1n) is 10.6. The Balaban J connectivity index is 2.29. The van der Waals surface area contributed by atoms with Crippen molar-refractivity contribution in [1.29, 1.82) is 0 Å². The fraction of sp³-hybridized carbons (Fsp3) is 0.375. The molecule has 0 heterocycles. The van der Waals surface area contributed by atoms with Crippen LogP contribution in [0.15, 0.2) is 54.6 Å². The van der Waals surface area contributed by atoms with Gasteiger partial charge in [-0.05, 0) is 18.4 Å². The van der Waals surface area contributed by atoms with Crippen LogP contribution in [-0.2, 0) is 35.3 Å². The smallest absolute Gasteiger partial charge is 0.338 e. The van der Waals surface area contributed by atoms with Crippen molar-refractivity contribution in [2.24, 2.45) is 16.9 Å². The lowest BCUT2D eigenvalue weighted by atomic mass is 9.67. The Labute approximate surface area is 197 Å². The molecule has 0 fully saturated rings. The third-order valence-corrected chi connectivity index (χ3v) is 5.60. The molecule has 0 saturated heterocycles. The zero-order valence-electron chi connectivity index (χ0n) is 18.9. The largest absolute Gasteiger partial charge is 0.467 e. The van der Waals surface area contributed by atoms with Crippen LogP contribution in [0.1, 0.15) is 31.2 Å². The van der Waals surface area contributed by atoms with Gasteiger partial charge >= 0.3 is 18.2 Å². The number of ether oxygens (including phenoxy) is 2. The zero-order chi connectivity index (χ0) is 25.2. The summed E-state index contributed by atoms with van der Waals surface area (Å²) in [6, 6.07) is 7.72. The molecule has 1 unspecified atom stereocenters. The molecule has 0 saturated carbocycles. The van der Waals surface area contributed by atoms with E-state index in [1.54, 1.807) is 54.6 Å². The van der Waals surface area contributed by atoms with E-state index in [0.717, 1.165) is 13.3 Å². The SMILES string of the molecule is COC(=O)[C@@](N)(CC1(C(=O)[C@@H](N)CCC(=O)C=[N+]=[N-])C=CC=CC1)C(=O)OCc1ccccc1. The van der Waals surface area contributed by atoms with Crippen LogP contribution in [0.25, 0.3) is 5.53 Å². The number of hydrogen-bond donors (Lipinski definition) is 2. The quantitative estimate of drug-likeness (QED) is 0.150. The summed E-state index contributed by atoms with van der Waals surface area (Å²) in [5.74, 6) is -3.10. The lowest BCUT2D eigenvalue weighted by molar-refractivity contribution is -0.165. The van der Waals surface area contributed by atoms with E-state index in [2.05, 4.69) is 4.79 Å². The molecule has 0 radical (unpaired) electrons. The second-order valence-electron chi connectivity index (χ2n) is 8.07. The molecule has 1 aliphatic carbocycles. The Morgan fingerprint density at radius 3 is 2.50 bits per heavy atom. The van der Waals surface area contributed by atoms with E-state index in [1.807, 2.05) is 0 Å². The number of carbonyl (C=O) groups is 4. The Morgan fingerprint density at radius 2 is 1.91 bits per heavy atom. The molecule has 1 aliphatic rings. The highest BCUT2D eigenvalue weighted by Crippen LogP contribution is 2.39. The number of allylic oxidation sites excluding steroid dienone is 4. The molecule has 0 aromatic heterocycles. The fourth-order valence-electron chi connectivity index (χ4n) is 3.75. The highest BCUT2D eigenvalue weighted by Gasteiger charge is 2.53. The molecule has 3 atom stereocenters. The number of benzene rings is 1. The van der Waals surface area contributed by atoms with Crippen molar-refractivity contribution in [3.63, 3.8) is 0 Å². The Bertz CT molecular complexity index is 1030. The van der Waals surface area contributed by atoms with E-state index in [9.17, 15) is 19.2 Å². The number of hydrogen-bond acceptors (Lipinski definition) is 8. The van der Waals surface area contributed by atoms with Gasteiger partial charge in [-0.3, -0.25) is 9.59 Å². The average molecular weight is 469 g/mol. The lowest BCUT2D eigenvalue weighted by Crippen LogP contribution is -2.60. The summed E-state index contributed by atoms with van der Waals surface area (Å²) in [6.07, 6.45) is 6.80. The summed E-state index contributed by atoms with van der Waals surface area (Å²) in [5.41, 5.74) is 17.8. The van der Waals surface area contributed by atoms with Crippen LogP contribution in [0, 0.1) is 5.41 Å². The van der Waals surface area contributed by atoms with Gasteiger partial charge in [0, 0.05) is 12.8 Å². The predicted octanol–water partition coefficient (Wildman–Crippen LogP) is 1.04. The molecule has 0 spiro atoms. The monoisotopic (exact) mass is 468 g/mol. The van der Waals surface area contributed by atoms with E-state index in [0.29, 0.717) is 5.56 Å². The lowest BCUT2D eigenvalue weighted by Gasteiger charge is -2.37. The Morgan fingerprint density at radius 1 is 1.21 bits per heavy atom. The number of methoxy groups -OCH3 is 1. The number of nitrogens with two attached hydrogens (primary N) is 2. The van der Waals surface area contributed by atoms with E-state index >= 15 is 0 Å². The van der Waals surface area contributed by atoms with E-state index in [-0.39, 0.29) is 25.9 Å². The number of carbonyl (C=O) groups excluding carboxylic acids is 4. The first kappa shape index (κ1) is 26.5. The van der Waals surface area contributed by atoms with Gasteiger partial charge in [0.1, 0.15) is 6.61 Å². The number of rotatable bonds is 12. The summed E-state index contributed by atoms with van der Waals surface area (Å²) < 4.78 is 10.1. The molecule has 2 rings (SSSR count). The molecule has 0 aliphatic heterocycles. The van der Waals surface area contributed by atoms with Gasteiger partial charge in [-0.2, -0.15) is 4.79 Å². The van der Waals surface area contributed by atoms with Crippen molar-refractivity contribution in [2.45, 2.75) is 43.9 Å². The van der Waals surface area contributed by atoms with Crippen molar-refractivity contribution >= 4 is 29.7 Å². The van der Waals surface area contributed by atoms with Crippen LogP contribution >= 0.6 is 0 Å². The van der Waals surface area contributed by atoms with Gasteiger partial charge in [-0.15, -0.1) is 0 Å². The minimum absolute atomic E-state index is 0.0305. The van der Waals surface area contributed by atoms with E-state index < -0.39 is 46.9 Å². The number of esters is 2. The van der Waals surface area contributed by atoms with Gasteiger partial charge in [-0.25, -0.2) is 9.59 Å². The number of nitrogens with zero attached hydrogens (tertiary/aromatic N) is 2. The normalized spacial score (nSPS) is 19.3. The minimum atomic E-state index is -2.28. The highest BCUT2D eigenvalue weighted by molar-refractivity contribution is 6.25.